The molecule has 9 nitrogen and oxygen atoms in total. The quantitative estimate of drug-likeness (QED) is 0.564. The maximum Gasteiger partial charge on any atom is 0.339 e. The summed E-state index contributed by atoms with van der Waals surface area (Å²) >= 11 is 0. The van der Waals surface area contributed by atoms with Gasteiger partial charge in [-0.2, -0.15) is 8.42 Å². The summed E-state index contributed by atoms with van der Waals surface area (Å²) in [4.78, 5) is 21.4. The van der Waals surface area contributed by atoms with Crippen molar-refractivity contribution in [3.05, 3.63) is 42.5 Å². The molecule has 162 valence electrons. The summed E-state index contributed by atoms with van der Waals surface area (Å²) in [6.45, 7) is 2.86. The van der Waals surface area contributed by atoms with Crippen molar-refractivity contribution in [1.82, 2.24) is 9.97 Å². The minimum atomic E-state index is -3.99. The van der Waals surface area contributed by atoms with E-state index in [1.165, 1.54) is 6.07 Å². The number of anilines is 2. The van der Waals surface area contributed by atoms with Crippen molar-refractivity contribution in [2.24, 2.45) is 5.92 Å². The van der Waals surface area contributed by atoms with Gasteiger partial charge in [-0.05, 0) is 49.2 Å². The van der Waals surface area contributed by atoms with Crippen LogP contribution in [0.4, 0.5) is 11.6 Å². The van der Waals surface area contributed by atoms with Crippen LogP contribution in [0.15, 0.2) is 47.4 Å². The van der Waals surface area contributed by atoms with Gasteiger partial charge in [0.1, 0.15) is 10.6 Å². The molecule has 1 saturated carbocycles. The highest BCUT2D eigenvalue weighted by atomic mass is 32.2. The lowest BCUT2D eigenvalue weighted by Gasteiger charge is -2.28. The Morgan fingerprint density at radius 3 is 2.58 bits per heavy atom. The highest BCUT2D eigenvalue weighted by molar-refractivity contribution is 7.87. The Balaban J connectivity index is 1.31. The van der Waals surface area contributed by atoms with Gasteiger partial charge in [-0.3, -0.25) is 10.1 Å². The van der Waals surface area contributed by atoms with Gasteiger partial charge in [-0.1, -0.05) is 0 Å². The van der Waals surface area contributed by atoms with Crippen molar-refractivity contribution in [1.29, 1.82) is 0 Å². The van der Waals surface area contributed by atoms with Crippen molar-refractivity contribution < 1.29 is 22.1 Å². The fourth-order valence-electron chi connectivity index (χ4n) is 3.48. The van der Waals surface area contributed by atoms with E-state index in [-0.39, 0.29) is 22.5 Å². The van der Waals surface area contributed by atoms with Crippen molar-refractivity contribution in [3.8, 4) is 5.75 Å². The molecule has 1 aliphatic carbocycles. The lowest BCUT2D eigenvalue weighted by atomic mass is 10.2. The van der Waals surface area contributed by atoms with Crippen molar-refractivity contribution in [3.63, 3.8) is 0 Å². The standard InChI is InChI=1S/C21H22N4O5S/c26-20(14-1-2-14)24-21-22-18-8-5-16(13-19(18)23-21)30-31(27,28)17-6-3-15(4-7-17)25-9-11-29-12-10-25/h3-8,13-14H,1-2,9-12H2,(H2,22,23,24,26). The molecule has 1 aliphatic heterocycles. The molecule has 31 heavy (non-hydrogen) atoms. The van der Waals surface area contributed by atoms with E-state index >= 15 is 0 Å². The summed E-state index contributed by atoms with van der Waals surface area (Å²) in [6.07, 6.45) is 1.80. The minimum absolute atomic E-state index is 0.0568. The van der Waals surface area contributed by atoms with Gasteiger partial charge in [0, 0.05) is 30.8 Å². The number of aromatic nitrogens is 2. The fraction of sp³-hybridized carbons (Fsp3) is 0.333. The molecule has 0 unspecified atom stereocenters. The van der Waals surface area contributed by atoms with E-state index in [4.69, 9.17) is 8.92 Å². The van der Waals surface area contributed by atoms with E-state index in [2.05, 4.69) is 20.2 Å². The van der Waals surface area contributed by atoms with Gasteiger partial charge in [0.2, 0.25) is 11.9 Å². The largest absolute Gasteiger partial charge is 0.379 e. The number of aromatic amines is 1. The van der Waals surface area contributed by atoms with Crippen LogP contribution in [0.25, 0.3) is 11.0 Å². The molecule has 1 saturated heterocycles. The first-order valence-electron chi connectivity index (χ1n) is 10.2. The highest BCUT2D eigenvalue weighted by Crippen LogP contribution is 2.30. The number of hydrogen-bond donors (Lipinski definition) is 2. The molecule has 0 bridgehead atoms. The monoisotopic (exact) mass is 442 g/mol. The zero-order chi connectivity index (χ0) is 21.4. The van der Waals surface area contributed by atoms with E-state index in [1.807, 2.05) is 0 Å². The normalized spacial score (nSPS) is 17.0. The zero-order valence-electron chi connectivity index (χ0n) is 16.7. The van der Waals surface area contributed by atoms with Gasteiger partial charge in [0.25, 0.3) is 0 Å². The van der Waals surface area contributed by atoms with Crippen LogP contribution in [-0.2, 0) is 19.6 Å². The predicted octanol–water partition coefficient (Wildman–Crippen LogP) is 2.52. The third-order valence-electron chi connectivity index (χ3n) is 5.35. The summed E-state index contributed by atoms with van der Waals surface area (Å²) < 4.78 is 36.1. The van der Waals surface area contributed by atoms with Gasteiger partial charge >= 0.3 is 10.1 Å². The van der Waals surface area contributed by atoms with Crippen LogP contribution in [0.3, 0.4) is 0 Å². The molecule has 3 aromatic rings. The maximum atomic E-state index is 12.7. The number of nitrogens with one attached hydrogen (secondary N) is 2. The number of carbonyl (C=O) groups is 1. The highest BCUT2D eigenvalue weighted by Gasteiger charge is 2.30. The molecule has 0 atom stereocenters. The Bertz CT molecular complexity index is 1210. The van der Waals surface area contributed by atoms with Gasteiger partial charge < -0.3 is 18.8 Å². The number of H-pyrrole nitrogens is 1. The van der Waals surface area contributed by atoms with E-state index in [0.29, 0.717) is 30.2 Å². The van der Waals surface area contributed by atoms with Crippen LogP contribution in [0.2, 0.25) is 0 Å². The second kappa shape index (κ2) is 7.86. The van der Waals surface area contributed by atoms with Gasteiger partial charge in [0.05, 0.1) is 24.2 Å². The van der Waals surface area contributed by atoms with E-state index < -0.39 is 10.1 Å². The van der Waals surface area contributed by atoms with E-state index in [0.717, 1.165) is 31.6 Å². The van der Waals surface area contributed by atoms with Crippen LogP contribution in [-0.4, -0.2) is 50.6 Å². The second-order valence-electron chi connectivity index (χ2n) is 7.66. The molecular weight excluding hydrogens is 420 g/mol. The van der Waals surface area contributed by atoms with Gasteiger partial charge in [-0.15, -0.1) is 0 Å². The number of carbonyl (C=O) groups excluding carboxylic acids is 1. The number of hydrogen-bond acceptors (Lipinski definition) is 7. The van der Waals surface area contributed by atoms with Crippen LogP contribution in [0, 0.1) is 5.92 Å². The molecule has 0 spiro atoms. The minimum Gasteiger partial charge on any atom is -0.379 e. The van der Waals surface area contributed by atoms with Crippen LogP contribution >= 0.6 is 0 Å². The molecule has 2 fully saturated rings. The molecule has 2 N–H and O–H groups in total. The first kappa shape index (κ1) is 19.8. The molecule has 0 radical (unpaired) electrons. The molecule has 2 heterocycles. The summed E-state index contributed by atoms with van der Waals surface area (Å²) in [6, 6.07) is 11.4. The first-order chi connectivity index (χ1) is 15.0. The molecule has 10 heteroatoms. The Hall–Kier alpha value is -3.11. The number of benzene rings is 2. The molecular formula is C21H22N4O5S. The molecule has 1 aromatic heterocycles. The third-order valence-corrected chi connectivity index (χ3v) is 6.61. The summed E-state index contributed by atoms with van der Waals surface area (Å²) in [5.74, 6) is 0.504. The Morgan fingerprint density at radius 1 is 1.13 bits per heavy atom. The van der Waals surface area contributed by atoms with Crippen molar-refractivity contribution in [2.45, 2.75) is 17.7 Å². The maximum absolute atomic E-state index is 12.7. The smallest absolute Gasteiger partial charge is 0.339 e. The number of amides is 1. The summed E-state index contributed by atoms with van der Waals surface area (Å²) in [5.41, 5.74) is 2.12. The lowest BCUT2D eigenvalue weighted by Crippen LogP contribution is -2.36. The average Bonchev–Trinajstić information content (AvgIpc) is 3.55. The van der Waals surface area contributed by atoms with Crippen molar-refractivity contribution >= 4 is 38.7 Å². The van der Waals surface area contributed by atoms with Crippen LogP contribution in [0.5, 0.6) is 5.75 Å². The Kier molecular flexibility index (Phi) is 5.03. The van der Waals surface area contributed by atoms with Crippen LogP contribution < -0.4 is 14.4 Å². The Morgan fingerprint density at radius 2 is 1.87 bits per heavy atom. The summed E-state index contributed by atoms with van der Waals surface area (Å²) in [5, 5.41) is 2.74. The SMILES string of the molecule is O=C(Nc1nc2ccc(OS(=O)(=O)c3ccc(N4CCOCC4)cc3)cc2[nH]1)C1CC1. The number of ether oxygens (including phenoxy) is 1. The molecule has 5 rings (SSSR count). The average molecular weight is 442 g/mol. The number of morpholine rings is 1. The molecule has 2 aromatic carbocycles. The predicted molar refractivity (Wildman–Crippen MR) is 115 cm³/mol. The van der Waals surface area contributed by atoms with Gasteiger partial charge in [-0.25, -0.2) is 4.98 Å². The van der Waals surface area contributed by atoms with E-state index in [9.17, 15) is 13.2 Å². The molecule has 2 aliphatic rings. The van der Waals surface area contributed by atoms with Gasteiger partial charge in [0.15, 0.2) is 0 Å². The lowest BCUT2D eigenvalue weighted by molar-refractivity contribution is -0.117. The van der Waals surface area contributed by atoms with Crippen LogP contribution in [0.1, 0.15) is 12.8 Å². The number of nitrogens with zero attached hydrogens (tertiary/aromatic N) is 2. The first-order valence-corrected chi connectivity index (χ1v) is 11.6. The molecule has 1 amide bonds. The second-order valence-corrected chi connectivity index (χ2v) is 9.20. The topological polar surface area (TPSA) is 114 Å². The number of fused-ring (bicyclic) bond motifs is 1. The summed E-state index contributed by atoms with van der Waals surface area (Å²) in [7, 11) is -3.99. The Labute approximate surface area is 179 Å². The number of imidazole rings is 1. The fourth-order valence-corrected chi connectivity index (χ4v) is 4.41. The van der Waals surface area contributed by atoms with Crippen molar-refractivity contribution in [2.75, 3.05) is 36.5 Å². The third kappa shape index (κ3) is 4.35. The van der Waals surface area contributed by atoms with E-state index in [1.54, 1.807) is 36.4 Å². The zero-order valence-corrected chi connectivity index (χ0v) is 17.5. The number of rotatable bonds is 6.